The fraction of sp³-hybridized carbons (Fsp3) is 0.417. The lowest BCUT2D eigenvalue weighted by molar-refractivity contribution is -0.946. The number of amides is 2. The van der Waals surface area contributed by atoms with Crippen molar-refractivity contribution in [3.05, 3.63) is 53.1 Å². The lowest BCUT2D eigenvalue weighted by Gasteiger charge is -2.35. The average molecular weight is 407 g/mol. The summed E-state index contributed by atoms with van der Waals surface area (Å²) < 4.78 is 11.7. The van der Waals surface area contributed by atoms with Gasteiger partial charge in [-0.05, 0) is 43.7 Å². The lowest BCUT2D eigenvalue weighted by atomic mass is 9.91. The summed E-state index contributed by atoms with van der Waals surface area (Å²) in [7, 11) is 0. The Morgan fingerprint density at radius 2 is 1.73 bits per heavy atom. The van der Waals surface area contributed by atoms with Gasteiger partial charge in [0.05, 0.1) is 31.9 Å². The zero-order valence-electron chi connectivity index (χ0n) is 17.4. The Hall–Kier alpha value is -2.86. The molecule has 3 aliphatic heterocycles. The number of hydrogen-bond acceptors (Lipinski definition) is 4. The summed E-state index contributed by atoms with van der Waals surface area (Å²) in [5, 5.41) is 0. The number of ether oxygens (including phenoxy) is 2. The molecule has 0 aliphatic carbocycles. The molecule has 2 aromatic rings. The Bertz CT molecular complexity index is 1000. The van der Waals surface area contributed by atoms with Gasteiger partial charge in [0.15, 0.2) is 17.5 Å². The Balaban J connectivity index is 1.42. The van der Waals surface area contributed by atoms with Crippen molar-refractivity contribution in [2.75, 3.05) is 24.7 Å². The van der Waals surface area contributed by atoms with E-state index in [1.165, 1.54) is 16.0 Å². The van der Waals surface area contributed by atoms with Gasteiger partial charge in [0.2, 0.25) is 5.91 Å². The second kappa shape index (κ2) is 7.43. The Morgan fingerprint density at radius 3 is 2.47 bits per heavy atom. The van der Waals surface area contributed by atoms with Crippen molar-refractivity contribution in [3.63, 3.8) is 0 Å². The second-order valence-corrected chi connectivity index (χ2v) is 8.50. The minimum atomic E-state index is -0.349. The van der Waals surface area contributed by atoms with Crippen LogP contribution in [0.25, 0.3) is 0 Å². The number of nitrogens with one attached hydrogen (secondary N) is 1. The average Bonchev–Trinajstić information content (AvgIpc) is 2.90. The SMILES string of the molecule is Cc1ccc(N2C(=O)C[C@@H]([NH+]3CCc4cc5c(cc4[C@@H]3C)OCCCO5)C2=O)cc1. The van der Waals surface area contributed by atoms with E-state index in [0.717, 1.165) is 41.3 Å². The third-order valence-electron chi connectivity index (χ3n) is 6.60. The normalized spacial score (nSPS) is 25.8. The van der Waals surface area contributed by atoms with Crippen LogP contribution >= 0.6 is 0 Å². The molecule has 3 heterocycles. The number of quaternary nitrogens is 1. The molecule has 0 spiro atoms. The van der Waals surface area contributed by atoms with Gasteiger partial charge in [0.25, 0.3) is 5.91 Å². The summed E-state index contributed by atoms with van der Waals surface area (Å²) in [4.78, 5) is 28.6. The van der Waals surface area contributed by atoms with E-state index in [1.54, 1.807) is 0 Å². The Kier molecular flexibility index (Phi) is 4.74. The summed E-state index contributed by atoms with van der Waals surface area (Å²) in [6.45, 7) is 6.28. The van der Waals surface area contributed by atoms with Crippen molar-refractivity contribution in [2.24, 2.45) is 0 Å². The van der Waals surface area contributed by atoms with Crippen molar-refractivity contribution in [1.29, 1.82) is 0 Å². The largest absolute Gasteiger partial charge is 0.490 e. The summed E-state index contributed by atoms with van der Waals surface area (Å²) in [5.74, 6) is 1.40. The van der Waals surface area contributed by atoms with Crippen molar-refractivity contribution in [3.8, 4) is 11.5 Å². The van der Waals surface area contributed by atoms with E-state index < -0.39 is 0 Å². The quantitative estimate of drug-likeness (QED) is 0.774. The number of carbonyl (C=O) groups excluding carboxylic acids is 2. The van der Waals surface area contributed by atoms with E-state index in [9.17, 15) is 9.59 Å². The first-order valence-corrected chi connectivity index (χ1v) is 10.7. The highest BCUT2D eigenvalue weighted by Gasteiger charge is 2.48. The predicted octanol–water partition coefficient (Wildman–Crippen LogP) is 1.99. The maximum atomic E-state index is 13.3. The van der Waals surface area contributed by atoms with Gasteiger partial charge in [-0.25, -0.2) is 4.90 Å². The molecule has 30 heavy (non-hydrogen) atoms. The van der Waals surface area contributed by atoms with Crippen LogP contribution in [0.4, 0.5) is 5.69 Å². The zero-order valence-corrected chi connectivity index (χ0v) is 17.4. The summed E-state index contributed by atoms with van der Waals surface area (Å²) in [6.07, 6.45) is 1.99. The van der Waals surface area contributed by atoms with E-state index in [2.05, 4.69) is 19.1 Å². The first-order chi connectivity index (χ1) is 14.5. The maximum absolute atomic E-state index is 13.3. The molecule has 6 nitrogen and oxygen atoms in total. The number of benzene rings is 2. The highest BCUT2D eigenvalue weighted by Crippen LogP contribution is 2.36. The molecule has 2 aromatic carbocycles. The van der Waals surface area contributed by atoms with Crippen LogP contribution in [0.15, 0.2) is 36.4 Å². The smallest absolute Gasteiger partial charge is 0.292 e. The molecule has 3 aliphatic rings. The summed E-state index contributed by atoms with van der Waals surface area (Å²) >= 11 is 0. The molecule has 6 heteroatoms. The molecule has 1 unspecified atom stereocenters. The molecule has 5 rings (SSSR count). The van der Waals surface area contributed by atoms with Gasteiger partial charge in [-0.3, -0.25) is 9.59 Å². The van der Waals surface area contributed by atoms with E-state index in [4.69, 9.17) is 9.47 Å². The molecular formula is C24H27N2O4+. The van der Waals surface area contributed by atoms with Crippen LogP contribution in [0.5, 0.6) is 11.5 Å². The lowest BCUT2D eigenvalue weighted by Crippen LogP contribution is -3.17. The highest BCUT2D eigenvalue weighted by molar-refractivity contribution is 6.21. The van der Waals surface area contributed by atoms with Crippen LogP contribution in [0, 0.1) is 6.92 Å². The van der Waals surface area contributed by atoms with Gasteiger partial charge < -0.3 is 14.4 Å². The van der Waals surface area contributed by atoms with Crippen LogP contribution in [-0.2, 0) is 16.0 Å². The van der Waals surface area contributed by atoms with Crippen molar-refractivity contribution in [1.82, 2.24) is 0 Å². The minimum absolute atomic E-state index is 0.0940. The fourth-order valence-corrected chi connectivity index (χ4v) is 4.94. The molecule has 0 radical (unpaired) electrons. The third-order valence-corrected chi connectivity index (χ3v) is 6.60. The van der Waals surface area contributed by atoms with Gasteiger partial charge in [-0.15, -0.1) is 0 Å². The van der Waals surface area contributed by atoms with Gasteiger partial charge in [0, 0.05) is 18.4 Å². The molecule has 1 fully saturated rings. The molecule has 2 amide bonds. The zero-order chi connectivity index (χ0) is 20.8. The molecule has 0 bridgehead atoms. The molecule has 156 valence electrons. The van der Waals surface area contributed by atoms with Crippen molar-refractivity contribution in [2.45, 2.75) is 45.2 Å². The number of hydrogen-bond donors (Lipinski definition) is 1. The first kappa shape index (κ1) is 19.1. The maximum Gasteiger partial charge on any atom is 0.292 e. The first-order valence-electron chi connectivity index (χ1n) is 10.7. The fourth-order valence-electron chi connectivity index (χ4n) is 4.94. The molecular weight excluding hydrogens is 380 g/mol. The third kappa shape index (κ3) is 3.16. The molecule has 3 atom stereocenters. The number of nitrogens with zero attached hydrogens (tertiary/aromatic N) is 1. The van der Waals surface area contributed by atoms with Crippen LogP contribution in [0.1, 0.15) is 42.5 Å². The number of imide groups is 1. The Morgan fingerprint density at radius 1 is 1.03 bits per heavy atom. The molecule has 1 N–H and O–H groups in total. The second-order valence-electron chi connectivity index (χ2n) is 8.50. The van der Waals surface area contributed by atoms with Crippen LogP contribution < -0.4 is 19.3 Å². The number of fused-ring (bicyclic) bond motifs is 2. The van der Waals surface area contributed by atoms with Gasteiger partial charge >= 0.3 is 0 Å². The summed E-state index contributed by atoms with van der Waals surface area (Å²) in [5.41, 5.74) is 4.21. The van der Waals surface area contributed by atoms with Crippen molar-refractivity contribution < 1.29 is 24.0 Å². The van der Waals surface area contributed by atoms with E-state index >= 15 is 0 Å². The topological polar surface area (TPSA) is 60.3 Å². The number of rotatable bonds is 2. The standard InChI is InChI=1S/C24H26N2O4/c1-15-4-6-18(7-5-15)26-23(27)14-20(24(26)28)25-9-8-17-12-21-22(13-19(17)16(25)2)30-11-3-10-29-21/h4-7,12-13,16,20H,3,8-11,14H2,1-2H3/p+1/t16-,20+/m0/s1. The van der Waals surface area contributed by atoms with E-state index in [-0.39, 0.29) is 30.3 Å². The Labute approximate surface area is 176 Å². The van der Waals surface area contributed by atoms with E-state index in [1.807, 2.05) is 31.2 Å². The van der Waals surface area contributed by atoms with Gasteiger partial charge in [-0.2, -0.15) is 0 Å². The number of anilines is 1. The minimum Gasteiger partial charge on any atom is -0.490 e. The van der Waals surface area contributed by atoms with E-state index in [0.29, 0.717) is 18.9 Å². The number of carbonyl (C=O) groups is 2. The van der Waals surface area contributed by atoms with Crippen molar-refractivity contribution >= 4 is 17.5 Å². The van der Waals surface area contributed by atoms with Crippen LogP contribution in [0.2, 0.25) is 0 Å². The van der Waals surface area contributed by atoms with Gasteiger partial charge in [0.1, 0.15) is 6.04 Å². The van der Waals surface area contributed by atoms with Crippen LogP contribution in [-0.4, -0.2) is 37.6 Å². The predicted molar refractivity (Wildman–Crippen MR) is 112 cm³/mol. The highest BCUT2D eigenvalue weighted by atomic mass is 16.5. The molecule has 1 saturated heterocycles. The molecule has 0 aromatic heterocycles. The van der Waals surface area contributed by atoms with Gasteiger partial charge in [-0.1, -0.05) is 17.7 Å². The monoisotopic (exact) mass is 407 g/mol. The van der Waals surface area contributed by atoms with Crippen LogP contribution in [0.3, 0.4) is 0 Å². The summed E-state index contributed by atoms with van der Waals surface area (Å²) in [6, 6.07) is 11.5. The molecule has 0 saturated carbocycles. The number of aryl methyl sites for hydroxylation is 1.